The number of hydrogen-bond donors (Lipinski definition) is 4. The molecule has 9 nitrogen and oxygen atoms in total. The molecule has 1 amide bonds. The first kappa shape index (κ1) is 24.3. The molecule has 0 bridgehead atoms. The van der Waals surface area contributed by atoms with Crippen LogP contribution in [0.4, 0.5) is 5.69 Å². The quantitative estimate of drug-likeness (QED) is 0.343. The van der Waals surface area contributed by atoms with Gasteiger partial charge in [-0.1, -0.05) is 17.7 Å². The summed E-state index contributed by atoms with van der Waals surface area (Å²) >= 11 is 8.85. The molecule has 36 heavy (non-hydrogen) atoms. The van der Waals surface area contributed by atoms with Crippen LogP contribution in [0.5, 0.6) is 5.75 Å². The molecule has 0 spiro atoms. The number of amides is 1. The number of rotatable bonds is 8. The van der Waals surface area contributed by atoms with Crippen molar-refractivity contribution < 1.29 is 9.53 Å². The molecule has 0 saturated heterocycles. The standard InChI is InChI=1S/C24H23ClN6O3S2/c1-15-27-17(14-35-15)13-34-20-10-18(30-9-3-2-4-23(30)32)5-6-19(20)31-12-16(28-29-31)11-26-24(33)21-7-8-22(25)36-21/h2-10,12,14-15,27-29H,11,13H2,1H3,(H,26,33). The van der Waals surface area contributed by atoms with E-state index in [2.05, 4.69) is 28.5 Å². The number of hydrazine groups is 2. The molecule has 4 heterocycles. The molecule has 1 aromatic carbocycles. The summed E-state index contributed by atoms with van der Waals surface area (Å²) < 4.78 is 8.33. The number of nitrogens with zero attached hydrogens (tertiary/aromatic N) is 2. The lowest BCUT2D eigenvalue weighted by Gasteiger charge is -2.21. The average molecular weight is 543 g/mol. The van der Waals surface area contributed by atoms with Crippen molar-refractivity contribution >= 4 is 46.3 Å². The number of ether oxygens (including phenoxy) is 1. The van der Waals surface area contributed by atoms with E-state index in [-0.39, 0.29) is 18.0 Å². The highest BCUT2D eigenvalue weighted by molar-refractivity contribution is 8.02. The average Bonchev–Trinajstić information content (AvgIpc) is 3.63. The van der Waals surface area contributed by atoms with Crippen molar-refractivity contribution in [3.63, 3.8) is 0 Å². The van der Waals surface area contributed by atoms with E-state index < -0.39 is 0 Å². The van der Waals surface area contributed by atoms with Crippen molar-refractivity contribution in [2.75, 3.05) is 18.2 Å². The van der Waals surface area contributed by atoms with Gasteiger partial charge in [0.05, 0.1) is 38.2 Å². The maximum atomic E-state index is 12.4. The molecule has 12 heteroatoms. The Bertz CT molecular complexity index is 1400. The maximum Gasteiger partial charge on any atom is 0.261 e. The van der Waals surface area contributed by atoms with Crippen LogP contribution in [0.15, 0.2) is 82.5 Å². The summed E-state index contributed by atoms with van der Waals surface area (Å²) in [6.45, 7) is 2.73. The summed E-state index contributed by atoms with van der Waals surface area (Å²) in [5, 5.41) is 10.3. The van der Waals surface area contributed by atoms with Gasteiger partial charge in [0.1, 0.15) is 18.0 Å². The molecule has 2 aliphatic heterocycles. The van der Waals surface area contributed by atoms with Gasteiger partial charge in [-0.3, -0.25) is 19.2 Å². The number of carbonyl (C=O) groups is 1. The highest BCUT2D eigenvalue weighted by Crippen LogP contribution is 2.32. The summed E-state index contributed by atoms with van der Waals surface area (Å²) in [6, 6.07) is 14.0. The minimum atomic E-state index is -0.195. The summed E-state index contributed by atoms with van der Waals surface area (Å²) in [4.78, 5) is 25.3. The Balaban J connectivity index is 1.35. The van der Waals surface area contributed by atoms with E-state index in [0.717, 1.165) is 17.1 Å². The van der Waals surface area contributed by atoms with Crippen LogP contribution in [0.1, 0.15) is 16.6 Å². The number of thiophene rings is 1. The third-order valence-electron chi connectivity index (χ3n) is 5.35. The van der Waals surface area contributed by atoms with Crippen molar-refractivity contribution in [2.45, 2.75) is 12.3 Å². The normalized spacial score (nSPS) is 16.7. The molecule has 0 aliphatic carbocycles. The van der Waals surface area contributed by atoms with Crippen LogP contribution in [0.2, 0.25) is 4.34 Å². The van der Waals surface area contributed by atoms with Crippen LogP contribution in [0, 0.1) is 0 Å². The summed E-state index contributed by atoms with van der Waals surface area (Å²) in [7, 11) is 0. The third kappa shape index (κ3) is 5.54. The van der Waals surface area contributed by atoms with Gasteiger partial charge in [0.2, 0.25) is 0 Å². The lowest BCUT2D eigenvalue weighted by molar-refractivity contribution is 0.0960. The second-order valence-corrected chi connectivity index (χ2v) is 10.9. The van der Waals surface area contributed by atoms with Crippen LogP contribution in [0.25, 0.3) is 5.69 Å². The van der Waals surface area contributed by atoms with Gasteiger partial charge < -0.3 is 20.8 Å². The molecule has 186 valence electrons. The zero-order valence-electron chi connectivity index (χ0n) is 19.2. The van der Waals surface area contributed by atoms with Gasteiger partial charge in [-0.05, 0) is 42.7 Å². The van der Waals surface area contributed by atoms with Gasteiger partial charge >= 0.3 is 0 Å². The van der Waals surface area contributed by atoms with Crippen molar-refractivity contribution in [3.8, 4) is 11.4 Å². The van der Waals surface area contributed by atoms with Crippen LogP contribution < -0.4 is 36.9 Å². The molecule has 0 fully saturated rings. The smallest absolute Gasteiger partial charge is 0.261 e. The van der Waals surface area contributed by atoms with Crippen molar-refractivity contribution in [1.29, 1.82) is 0 Å². The van der Waals surface area contributed by atoms with E-state index in [1.807, 2.05) is 29.8 Å². The first-order valence-corrected chi connectivity index (χ1v) is 13.2. The molecular weight excluding hydrogens is 520 g/mol. The van der Waals surface area contributed by atoms with Crippen molar-refractivity contribution in [2.24, 2.45) is 0 Å². The molecular formula is C24H23ClN6O3S2. The first-order chi connectivity index (χ1) is 17.5. The fourth-order valence-electron chi connectivity index (χ4n) is 3.62. The van der Waals surface area contributed by atoms with Gasteiger partial charge in [0, 0.05) is 24.5 Å². The zero-order chi connectivity index (χ0) is 25.1. The predicted molar refractivity (Wildman–Crippen MR) is 144 cm³/mol. The van der Waals surface area contributed by atoms with E-state index in [1.54, 1.807) is 51.8 Å². The van der Waals surface area contributed by atoms with Gasteiger partial charge in [0.25, 0.3) is 11.5 Å². The van der Waals surface area contributed by atoms with E-state index >= 15 is 0 Å². The molecule has 0 saturated carbocycles. The molecule has 2 aliphatic rings. The predicted octanol–water partition coefficient (Wildman–Crippen LogP) is 3.56. The number of halogens is 1. The number of thioether (sulfide) groups is 1. The third-order valence-corrected chi connectivity index (χ3v) is 7.52. The van der Waals surface area contributed by atoms with E-state index in [9.17, 15) is 9.59 Å². The van der Waals surface area contributed by atoms with E-state index in [4.69, 9.17) is 16.3 Å². The molecule has 0 radical (unpaired) electrons. The summed E-state index contributed by atoms with van der Waals surface area (Å²) in [5.41, 5.74) is 9.18. The van der Waals surface area contributed by atoms with E-state index in [1.165, 1.54) is 17.4 Å². The Kier molecular flexibility index (Phi) is 7.23. The lowest BCUT2D eigenvalue weighted by Crippen LogP contribution is -2.38. The Morgan fingerprint density at radius 2 is 2.08 bits per heavy atom. The van der Waals surface area contributed by atoms with Crippen molar-refractivity contribution in [1.82, 2.24) is 26.2 Å². The monoisotopic (exact) mass is 542 g/mol. The number of nitrogens with one attached hydrogen (secondary N) is 4. The van der Waals surface area contributed by atoms with Gasteiger partial charge in [0.15, 0.2) is 0 Å². The SMILES string of the molecule is CC1NC(COc2cc(-n3ccccc3=O)ccc2N2C=C(CNC(=O)c3ccc(Cl)s3)NN2)=CS1. The molecule has 3 aromatic rings. The van der Waals surface area contributed by atoms with Crippen LogP contribution in [-0.2, 0) is 0 Å². The lowest BCUT2D eigenvalue weighted by atomic mass is 10.2. The number of carbonyl (C=O) groups excluding carboxylic acids is 1. The Morgan fingerprint density at radius 1 is 1.19 bits per heavy atom. The Hall–Kier alpha value is -3.38. The van der Waals surface area contributed by atoms with E-state index in [0.29, 0.717) is 32.6 Å². The number of aromatic nitrogens is 1. The summed E-state index contributed by atoms with van der Waals surface area (Å²) in [6.07, 6.45) is 3.56. The summed E-state index contributed by atoms with van der Waals surface area (Å²) in [5.74, 6) is 0.388. The number of pyridine rings is 1. The topological polar surface area (TPSA) is 99.7 Å². The number of hydrogen-bond acceptors (Lipinski definition) is 9. The van der Waals surface area contributed by atoms with Crippen LogP contribution >= 0.6 is 34.7 Å². The van der Waals surface area contributed by atoms with Crippen LogP contribution in [0.3, 0.4) is 0 Å². The highest BCUT2D eigenvalue weighted by Gasteiger charge is 2.20. The minimum absolute atomic E-state index is 0.132. The first-order valence-electron chi connectivity index (χ1n) is 11.1. The highest BCUT2D eigenvalue weighted by atomic mass is 35.5. The minimum Gasteiger partial charge on any atom is -0.485 e. The molecule has 4 N–H and O–H groups in total. The number of anilines is 1. The zero-order valence-corrected chi connectivity index (χ0v) is 21.5. The molecule has 1 unspecified atom stereocenters. The molecule has 2 aromatic heterocycles. The molecule has 5 rings (SSSR count). The van der Waals surface area contributed by atoms with Gasteiger partial charge in [-0.25, -0.2) is 0 Å². The van der Waals surface area contributed by atoms with Crippen LogP contribution in [-0.4, -0.2) is 29.0 Å². The number of benzene rings is 1. The fourth-order valence-corrected chi connectivity index (χ4v) is 5.31. The Morgan fingerprint density at radius 3 is 2.83 bits per heavy atom. The van der Waals surface area contributed by atoms with Gasteiger partial charge in [-0.2, -0.15) is 0 Å². The second-order valence-electron chi connectivity index (χ2n) is 7.96. The fraction of sp³-hybridized carbons (Fsp3) is 0.167. The largest absolute Gasteiger partial charge is 0.485 e. The Labute approximate surface area is 220 Å². The maximum absolute atomic E-state index is 12.4. The van der Waals surface area contributed by atoms with Crippen molar-refractivity contribution in [3.05, 3.63) is 97.3 Å². The van der Waals surface area contributed by atoms with Gasteiger partial charge in [-0.15, -0.1) is 28.6 Å². The molecule has 1 atom stereocenters. The second kappa shape index (κ2) is 10.7.